The van der Waals surface area contributed by atoms with E-state index in [-0.39, 0.29) is 11.5 Å². The number of piperidine rings is 1. The van der Waals surface area contributed by atoms with Gasteiger partial charge in [0.05, 0.1) is 6.42 Å². The van der Waals surface area contributed by atoms with E-state index in [9.17, 15) is 4.79 Å². The molecule has 2 N–H and O–H groups in total. The Morgan fingerprint density at radius 1 is 0.920 bits per heavy atom. The minimum Gasteiger partial charge on any atom is -0.487 e. The summed E-state index contributed by atoms with van der Waals surface area (Å²) in [7, 11) is 0. The molecule has 2 aromatic rings. The van der Waals surface area contributed by atoms with Crippen molar-refractivity contribution >= 4 is 11.6 Å². The number of benzene rings is 2. The van der Waals surface area contributed by atoms with Gasteiger partial charge in [-0.2, -0.15) is 0 Å². The first-order chi connectivity index (χ1) is 12.2. The monoisotopic (exact) mass is 334 g/mol. The highest BCUT2D eigenvalue weighted by Gasteiger charge is 2.37. The number of amides is 1. The third kappa shape index (κ3) is 2.61. The standard InChI is InChI=1S/C21H22N2O2/c24-20-13-16-2-1-15(12-18(16)23-20)14-3-4-19-17(11-14)5-6-21(25-19)7-9-22-10-8-21/h1-4,11-12,22H,5-10,13H2,(H,23,24). The predicted octanol–water partition coefficient (Wildman–Crippen LogP) is 3.30. The third-order valence-corrected chi connectivity index (χ3v) is 5.82. The molecule has 1 amide bonds. The largest absolute Gasteiger partial charge is 0.487 e. The van der Waals surface area contributed by atoms with Gasteiger partial charge in [0.2, 0.25) is 5.91 Å². The lowest BCUT2D eigenvalue weighted by molar-refractivity contribution is -0.115. The molecule has 0 saturated carbocycles. The van der Waals surface area contributed by atoms with Crippen LogP contribution >= 0.6 is 0 Å². The molecule has 0 aromatic heterocycles. The van der Waals surface area contributed by atoms with Gasteiger partial charge < -0.3 is 15.4 Å². The van der Waals surface area contributed by atoms with E-state index in [0.717, 1.165) is 61.3 Å². The zero-order valence-corrected chi connectivity index (χ0v) is 14.2. The number of carbonyl (C=O) groups excluding carboxylic acids is 1. The van der Waals surface area contributed by atoms with Crippen LogP contribution in [0.15, 0.2) is 36.4 Å². The van der Waals surface area contributed by atoms with Gasteiger partial charge >= 0.3 is 0 Å². The number of rotatable bonds is 1. The van der Waals surface area contributed by atoms with Crippen molar-refractivity contribution in [2.24, 2.45) is 0 Å². The predicted molar refractivity (Wildman–Crippen MR) is 98.0 cm³/mol. The van der Waals surface area contributed by atoms with E-state index in [1.54, 1.807) is 0 Å². The summed E-state index contributed by atoms with van der Waals surface area (Å²) in [5, 5.41) is 6.36. The number of carbonyl (C=O) groups is 1. The second-order valence-corrected chi connectivity index (χ2v) is 7.45. The fraction of sp³-hybridized carbons (Fsp3) is 0.381. The highest BCUT2D eigenvalue weighted by atomic mass is 16.5. The molecular formula is C21H22N2O2. The average molecular weight is 334 g/mol. The minimum absolute atomic E-state index is 0.0393. The van der Waals surface area contributed by atoms with E-state index in [1.807, 2.05) is 0 Å². The summed E-state index contributed by atoms with van der Waals surface area (Å²) in [4.78, 5) is 11.6. The van der Waals surface area contributed by atoms with Crippen LogP contribution in [0, 0.1) is 0 Å². The van der Waals surface area contributed by atoms with Crippen molar-refractivity contribution in [2.45, 2.75) is 37.7 Å². The lowest BCUT2D eigenvalue weighted by Gasteiger charge is -2.41. The maximum atomic E-state index is 11.6. The van der Waals surface area contributed by atoms with E-state index in [1.165, 1.54) is 11.1 Å². The fourth-order valence-corrected chi connectivity index (χ4v) is 4.33. The van der Waals surface area contributed by atoms with Crippen molar-refractivity contribution in [1.82, 2.24) is 5.32 Å². The molecule has 128 valence electrons. The molecule has 1 fully saturated rings. The number of aryl methyl sites for hydroxylation is 1. The number of ether oxygens (including phenoxy) is 1. The Hall–Kier alpha value is -2.33. The zero-order chi connectivity index (χ0) is 16.9. The quantitative estimate of drug-likeness (QED) is 0.841. The van der Waals surface area contributed by atoms with Crippen LogP contribution in [-0.4, -0.2) is 24.6 Å². The summed E-state index contributed by atoms with van der Waals surface area (Å²) in [6, 6.07) is 12.8. The maximum Gasteiger partial charge on any atom is 0.228 e. The van der Waals surface area contributed by atoms with Crippen LogP contribution in [-0.2, 0) is 17.6 Å². The van der Waals surface area contributed by atoms with Gasteiger partial charge in [-0.15, -0.1) is 0 Å². The summed E-state index contributed by atoms with van der Waals surface area (Å²) >= 11 is 0. The molecule has 4 heteroatoms. The van der Waals surface area contributed by atoms with E-state index >= 15 is 0 Å². The Bertz CT molecular complexity index is 853. The van der Waals surface area contributed by atoms with Crippen LogP contribution in [0.3, 0.4) is 0 Å². The number of anilines is 1. The normalized spacial score (nSPS) is 20.6. The Labute approximate surface area is 147 Å². The number of hydrogen-bond acceptors (Lipinski definition) is 3. The van der Waals surface area contributed by atoms with Crippen molar-refractivity contribution in [3.05, 3.63) is 47.5 Å². The molecule has 0 radical (unpaired) electrons. The lowest BCUT2D eigenvalue weighted by atomic mass is 9.83. The van der Waals surface area contributed by atoms with Crippen LogP contribution in [0.2, 0.25) is 0 Å². The Morgan fingerprint density at radius 2 is 1.72 bits per heavy atom. The SMILES string of the molecule is O=C1Cc2ccc(-c3ccc4c(c3)CCC3(CCNCC3)O4)cc2N1. The molecule has 2 aromatic carbocycles. The van der Waals surface area contributed by atoms with Crippen LogP contribution < -0.4 is 15.4 Å². The second kappa shape index (κ2) is 5.60. The molecular weight excluding hydrogens is 312 g/mol. The van der Waals surface area contributed by atoms with Gasteiger partial charge in [0, 0.05) is 5.69 Å². The molecule has 0 atom stereocenters. The van der Waals surface area contributed by atoms with Crippen molar-refractivity contribution in [1.29, 1.82) is 0 Å². The highest BCUT2D eigenvalue weighted by molar-refractivity contribution is 6.00. The molecule has 25 heavy (non-hydrogen) atoms. The van der Waals surface area contributed by atoms with Gasteiger partial charge in [-0.1, -0.05) is 18.2 Å². The summed E-state index contributed by atoms with van der Waals surface area (Å²) in [6.07, 6.45) is 4.86. The summed E-state index contributed by atoms with van der Waals surface area (Å²) in [5.41, 5.74) is 5.70. The van der Waals surface area contributed by atoms with Crippen molar-refractivity contribution in [2.75, 3.05) is 18.4 Å². The first kappa shape index (κ1) is 15.0. The molecule has 0 unspecified atom stereocenters. The van der Waals surface area contributed by atoms with E-state index in [4.69, 9.17) is 4.74 Å². The topological polar surface area (TPSA) is 50.4 Å². The van der Waals surface area contributed by atoms with Crippen molar-refractivity contribution < 1.29 is 9.53 Å². The van der Waals surface area contributed by atoms with Gasteiger partial charge in [-0.25, -0.2) is 0 Å². The molecule has 3 aliphatic heterocycles. The van der Waals surface area contributed by atoms with Gasteiger partial charge in [0.15, 0.2) is 0 Å². The molecule has 0 aliphatic carbocycles. The Balaban J connectivity index is 1.44. The van der Waals surface area contributed by atoms with Gasteiger partial charge in [0.1, 0.15) is 11.4 Å². The van der Waals surface area contributed by atoms with Crippen LogP contribution in [0.4, 0.5) is 5.69 Å². The molecule has 3 aliphatic rings. The number of nitrogens with one attached hydrogen (secondary N) is 2. The minimum atomic E-state index is 0.0393. The molecule has 1 spiro atoms. The van der Waals surface area contributed by atoms with E-state index < -0.39 is 0 Å². The van der Waals surface area contributed by atoms with Crippen molar-refractivity contribution in [3.63, 3.8) is 0 Å². The lowest BCUT2D eigenvalue weighted by Crippen LogP contribution is -2.48. The first-order valence-corrected chi connectivity index (χ1v) is 9.17. The van der Waals surface area contributed by atoms with Gasteiger partial charge in [-0.3, -0.25) is 4.79 Å². The number of hydrogen-bond donors (Lipinski definition) is 2. The van der Waals surface area contributed by atoms with E-state index in [2.05, 4.69) is 47.0 Å². The molecule has 1 saturated heterocycles. The highest BCUT2D eigenvalue weighted by Crippen LogP contribution is 2.40. The molecule has 0 bridgehead atoms. The number of fused-ring (bicyclic) bond motifs is 2. The molecule has 4 nitrogen and oxygen atoms in total. The first-order valence-electron chi connectivity index (χ1n) is 9.17. The summed E-state index contributed by atoms with van der Waals surface area (Å²) in [6.45, 7) is 2.10. The third-order valence-electron chi connectivity index (χ3n) is 5.82. The van der Waals surface area contributed by atoms with Crippen LogP contribution in [0.25, 0.3) is 11.1 Å². The smallest absolute Gasteiger partial charge is 0.228 e. The Morgan fingerprint density at radius 3 is 2.60 bits per heavy atom. The van der Waals surface area contributed by atoms with Gasteiger partial charge in [-0.05, 0) is 79.2 Å². The molecule has 5 rings (SSSR count). The zero-order valence-electron chi connectivity index (χ0n) is 14.2. The Kier molecular flexibility index (Phi) is 3.35. The fourth-order valence-electron chi connectivity index (χ4n) is 4.33. The van der Waals surface area contributed by atoms with Crippen LogP contribution in [0.5, 0.6) is 5.75 Å². The summed E-state index contributed by atoms with van der Waals surface area (Å²) < 4.78 is 6.44. The van der Waals surface area contributed by atoms with Crippen LogP contribution in [0.1, 0.15) is 30.4 Å². The molecule has 3 heterocycles. The average Bonchev–Trinajstić information content (AvgIpc) is 3.01. The van der Waals surface area contributed by atoms with E-state index in [0.29, 0.717) is 6.42 Å². The second-order valence-electron chi connectivity index (χ2n) is 7.45. The summed E-state index contributed by atoms with van der Waals surface area (Å²) in [5.74, 6) is 1.13. The maximum absolute atomic E-state index is 11.6. The van der Waals surface area contributed by atoms with Gasteiger partial charge in [0.25, 0.3) is 0 Å². The van der Waals surface area contributed by atoms with Crippen molar-refractivity contribution in [3.8, 4) is 16.9 Å².